The molecule has 2 aliphatic rings. The number of anilines is 1. The summed E-state index contributed by atoms with van der Waals surface area (Å²) in [7, 11) is 0. The Hall–Kier alpha value is -4.37. The third-order valence-corrected chi connectivity index (χ3v) is 6.39. The molecule has 4 aromatic rings. The topological polar surface area (TPSA) is 97.1 Å². The molecule has 0 aliphatic carbocycles. The van der Waals surface area contributed by atoms with Crippen molar-refractivity contribution in [2.24, 2.45) is 0 Å². The monoisotopic (exact) mass is 485 g/mol. The number of hydrogen-bond donors (Lipinski definition) is 2. The number of fused-ring (bicyclic) bond motifs is 1. The molecule has 4 heterocycles. The van der Waals surface area contributed by atoms with Crippen LogP contribution in [0.3, 0.4) is 0 Å². The second-order valence-corrected chi connectivity index (χ2v) is 8.47. The zero-order valence-corrected chi connectivity index (χ0v) is 19.1. The average Bonchev–Trinajstić information content (AvgIpc) is 3.62. The lowest BCUT2D eigenvalue weighted by Crippen LogP contribution is -2.29. The Bertz CT molecular complexity index is 1440. The number of thiocarbonyl (C=S) groups is 1. The standard InChI is InChI=1S/C26H19N3O5S/c30-25(31)17-6-2-1-5-16(17)19-10-11-21(34-19)24-23(18-7-3-4-12-27-18)28-26(35)29(24)15-8-9-20-22(13-15)33-14-32-20/h1-13,23-24H,14H2,(H,28,35)(H,30,31)/t23-,24-/m1/s1. The molecule has 2 atom stereocenters. The van der Waals surface area contributed by atoms with Gasteiger partial charge in [-0.2, -0.15) is 0 Å². The van der Waals surface area contributed by atoms with Crippen LogP contribution in [0.5, 0.6) is 11.5 Å². The Kier molecular flexibility index (Phi) is 5.11. The van der Waals surface area contributed by atoms with Crippen molar-refractivity contribution < 1.29 is 23.8 Å². The predicted molar refractivity (Wildman–Crippen MR) is 132 cm³/mol. The molecule has 174 valence electrons. The van der Waals surface area contributed by atoms with E-state index in [-0.39, 0.29) is 24.4 Å². The number of aromatic carboxylic acids is 1. The summed E-state index contributed by atoms with van der Waals surface area (Å²) in [4.78, 5) is 18.3. The van der Waals surface area contributed by atoms with Gasteiger partial charge in [0.2, 0.25) is 6.79 Å². The largest absolute Gasteiger partial charge is 0.478 e. The van der Waals surface area contributed by atoms with E-state index in [1.165, 1.54) is 0 Å². The Morgan fingerprint density at radius 3 is 2.69 bits per heavy atom. The van der Waals surface area contributed by atoms with Crippen LogP contribution in [0.15, 0.2) is 83.4 Å². The second-order valence-electron chi connectivity index (χ2n) is 8.09. The van der Waals surface area contributed by atoms with Crippen LogP contribution in [0.25, 0.3) is 11.3 Å². The lowest BCUT2D eigenvalue weighted by molar-refractivity contribution is 0.0697. The van der Waals surface area contributed by atoms with Gasteiger partial charge >= 0.3 is 5.97 Å². The Morgan fingerprint density at radius 2 is 1.86 bits per heavy atom. The molecule has 2 N–H and O–H groups in total. The Balaban J connectivity index is 1.46. The number of pyridine rings is 1. The molecule has 9 heteroatoms. The van der Waals surface area contributed by atoms with Crippen molar-refractivity contribution in [3.63, 3.8) is 0 Å². The molecule has 0 bridgehead atoms. The summed E-state index contributed by atoms with van der Waals surface area (Å²) >= 11 is 5.76. The summed E-state index contributed by atoms with van der Waals surface area (Å²) in [6.45, 7) is 0.173. The maximum Gasteiger partial charge on any atom is 0.336 e. The van der Waals surface area contributed by atoms with Crippen molar-refractivity contribution in [2.45, 2.75) is 12.1 Å². The summed E-state index contributed by atoms with van der Waals surface area (Å²) in [6.07, 6.45) is 1.73. The van der Waals surface area contributed by atoms with Gasteiger partial charge in [0.05, 0.1) is 17.3 Å². The van der Waals surface area contributed by atoms with Gasteiger partial charge < -0.3 is 29.2 Å². The van der Waals surface area contributed by atoms with Gasteiger partial charge in [0.1, 0.15) is 17.6 Å². The van der Waals surface area contributed by atoms with Gasteiger partial charge in [0, 0.05) is 23.5 Å². The lowest BCUT2D eigenvalue weighted by Gasteiger charge is -2.26. The van der Waals surface area contributed by atoms with Crippen molar-refractivity contribution in [3.05, 3.63) is 96.0 Å². The Labute approximate surface area is 205 Å². The highest BCUT2D eigenvalue weighted by Crippen LogP contribution is 2.45. The number of carbonyl (C=O) groups is 1. The van der Waals surface area contributed by atoms with Gasteiger partial charge in [0.15, 0.2) is 16.6 Å². The smallest absolute Gasteiger partial charge is 0.336 e. The third kappa shape index (κ3) is 3.66. The summed E-state index contributed by atoms with van der Waals surface area (Å²) < 4.78 is 17.3. The molecule has 2 aromatic carbocycles. The average molecular weight is 486 g/mol. The van der Waals surface area contributed by atoms with Crippen molar-refractivity contribution in [3.8, 4) is 22.8 Å². The van der Waals surface area contributed by atoms with Crippen LogP contribution in [0.1, 0.15) is 33.9 Å². The number of aromatic nitrogens is 1. The molecule has 6 rings (SSSR count). The van der Waals surface area contributed by atoms with Gasteiger partial charge in [-0.25, -0.2) is 4.79 Å². The van der Waals surface area contributed by atoms with Crippen LogP contribution in [0.2, 0.25) is 0 Å². The first-order chi connectivity index (χ1) is 17.1. The highest BCUT2D eigenvalue weighted by Gasteiger charge is 2.43. The molecule has 2 aromatic heterocycles. The van der Waals surface area contributed by atoms with Gasteiger partial charge in [-0.15, -0.1) is 0 Å². The number of furan rings is 1. The van der Waals surface area contributed by atoms with E-state index in [1.807, 2.05) is 47.4 Å². The number of rotatable bonds is 5. The maximum absolute atomic E-state index is 11.8. The number of benzene rings is 2. The first-order valence-corrected chi connectivity index (χ1v) is 11.3. The van der Waals surface area contributed by atoms with Crippen LogP contribution < -0.4 is 19.7 Å². The van der Waals surface area contributed by atoms with E-state index in [4.69, 9.17) is 26.1 Å². The molecule has 0 amide bonds. The minimum absolute atomic E-state index is 0.169. The highest BCUT2D eigenvalue weighted by atomic mass is 32.1. The van der Waals surface area contributed by atoms with E-state index in [2.05, 4.69) is 10.3 Å². The molecule has 0 spiro atoms. The zero-order valence-electron chi connectivity index (χ0n) is 18.3. The second kappa shape index (κ2) is 8.44. The molecule has 1 saturated heterocycles. The number of nitrogens with one attached hydrogen (secondary N) is 1. The summed E-state index contributed by atoms with van der Waals surface area (Å²) in [6, 6.07) is 21.1. The predicted octanol–water partition coefficient (Wildman–Crippen LogP) is 4.95. The minimum atomic E-state index is -1.02. The number of ether oxygens (including phenoxy) is 2. The van der Waals surface area contributed by atoms with Gasteiger partial charge in [-0.1, -0.05) is 24.3 Å². The zero-order chi connectivity index (χ0) is 23.9. The minimum Gasteiger partial charge on any atom is -0.478 e. The molecular weight excluding hydrogens is 466 g/mol. The fraction of sp³-hybridized carbons (Fsp3) is 0.115. The van der Waals surface area contributed by atoms with Crippen LogP contribution in [-0.2, 0) is 0 Å². The van der Waals surface area contributed by atoms with Crippen molar-refractivity contribution in [1.29, 1.82) is 0 Å². The lowest BCUT2D eigenvalue weighted by atomic mass is 10.0. The van der Waals surface area contributed by atoms with E-state index < -0.39 is 5.97 Å². The Morgan fingerprint density at radius 1 is 1.03 bits per heavy atom. The number of hydrogen-bond acceptors (Lipinski definition) is 6. The van der Waals surface area contributed by atoms with Crippen LogP contribution >= 0.6 is 12.2 Å². The van der Waals surface area contributed by atoms with E-state index in [0.717, 1.165) is 11.4 Å². The maximum atomic E-state index is 11.8. The quantitative estimate of drug-likeness (QED) is 0.381. The van der Waals surface area contributed by atoms with E-state index in [1.54, 1.807) is 36.5 Å². The first-order valence-electron chi connectivity index (χ1n) is 10.9. The molecule has 8 nitrogen and oxygen atoms in total. The molecule has 0 unspecified atom stereocenters. The molecule has 0 saturated carbocycles. The van der Waals surface area contributed by atoms with Gasteiger partial charge in [0.25, 0.3) is 0 Å². The van der Waals surface area contributed by atoms with Crippen molar-refractivity contribution in [2.75, 3.05) is 11.7 Å². The van der Waals surface area contributed by atoms with Gasteiger partial charge in [-0.05, 0) is 54.7 Å². The van der Waals surface area contributed by atoms with E-state index in [9.17, 15) is 9.90 Å². The fourth-order valence-corrected chi connectivity index (χ4v) is 4.84. The normalized spacial score (nSPS) is 18.5. The van der Waals surface area contributed by atoms with Crippen LogP contribution in [-0.4, -0.2) is 28.0 Å². The summed E-state index contributed by atoms with van der Waals surface area (Å²) in [5.41, 5.74) is 2.28. The van der Waals surface area contributed by atoms with Crippen molar-refractivity contribution in [1.82, 2.24) is 10.3 Å². The SMILES string of the molecule is O=C(O)c1ccccc1-c1ccc([C@@H]2[C@@H](c3ccccn3)NC(=S)N2c2ccc3c(c2)OCO3)o1. The fourth-order valence-electron chi connectivity index (χ4n) is 4.50. The summed E-state index contributed by atoms with van der Waals surface area (Å²) in [5, 5.41) is 13.5. The molecular formula is C26H19N3O5S. The first kappa shape index (κ1) is 21.2. The van der Waals surface area contributed by atoms with Crippen LogP contribution in [0, 0.1) is 0 Å². The highest BCUT2D eigenvalue weighted by molar-refractivity contribution is 7.80. The molecule has 2 aliphatic heterocycles. The van der Waals surface area contributed by atoms with Crippen LogP contribution in [0.4, 0.5) is 5.69 Å². The third-order valence-electron chi connectivity index (χ3n) is 6.07. The number of nitrogens with zero attached hydrogens (tertiary/aromatic N) is 2. The number of carboxylic acids is 1. The molecule has 35 heavy (non-hydrogen) atoms. The molecule has 0 radical (unpaired) electrons. The molecule has 1 fully saturated rings. The number of carboxylic acid groups (broad SMARTS) is 1. The summed E-state index contributed by atoms with van der Waals surface area (Å²) in [5.74, 6) is 1.37. The van der Waals surface area contributed by atoms with Crippen molar-refractivity contribution >= 4 is 29.0 Å². The van der Waals surface area contributed by atoms with E-state index >= 15 is 0 Å². The van der Waals surface area contributed by atoms with E-state index in [0.29, 0.717) is 33.7 Å². The van der Waals surface area contributed by atoms with Gasteiger partial charge in [-0.3, -0.25) is 4.98 Å².